The highest BCUT2D eigenvalue weighted by Crippen LogP contribution is 2.24. The average molecular weight is 240 g/mol. The minimum Gasteiger partial charge on any atom is -0.465 e. The van der Waals surface area contributed by atoms with Crippen LogP contribution in [0.15, 0.2) is 18.3 Å². The van der Waals surface area contributed by atoms with Gasteiger partial charge in [-0.2, -0.15) is 5.10 Å². The first kappa shape index (κ1) is 10.4. The summed E-state index contributed by atoms with van der Waals surface area (Å²) in [7, 11) is 0. The van der Waals surface area contributed by atoms with E-state index in [0.29, 0.717) is 15.9 Å². The molecule has 0 aliphatic rings. The smallest absolute Gasteiger partial charge is 0.411 e. The maximum absolute atomic E-state index is 11.5. The number of carbonyl (C=O) groups is 2. The Morgan fingerprint density at radius 3 is 2.88 bits per heavy atom. The van der Waals surface area contributed by atoms with Crippen molar-refractivity contribution in [1.82, 2.24) is 15.5 Å². The molecule has 1 aromatic carbocycles. The van der Waals surface area contributed by atoms with Gasteiger partial charge in [0, 0.05) is 5.39 Å². The van der Waals surface area contributed by atoms with Crippen LogP contribution < -0.4 is 5.32 Å². The molecule has 1 heterocycles. The van der Waals surface area contributed by atoms with Crippen molar-refractivity contribution >= 4 is 34.5 Å². The molecule has 2 aromatic rings. The Kier molecular flexibility index (Phi) is 2.49. The molecule has 0 spiro atoms. The second-order valence-corrected chi connectivity index (χ2v) is 3.42. The zero-order valence-electron chi connectivity index (χ0n) is 7.82. The molecule has 0 unspecified atom stereocenters. The van der Waals surface area contributed by atoms with Gasteiger partial charge in [0.25, 0.3) is 5.91 Å². The van der Waals surface area contributed by atoms with Crippen LogP contribution >= 0.6 is 11.6 Å². The lowest BCUT2D eigenvalue weighted by atomic mass is 10.1. The standard InChI is InChI=1S/C9H6ClN3O3/c10-6-2-1-4(8(14)12-9(15)16)7-5(6)3-11-13-7/h1-3H,(H,11,13)(H,12,14)(H,15,16). The molecule has 1 aromatic heterocycles. The van der Waals surface area contributed by atoms with E-state index in [9.17, 15) is 9.59 Å². The van der Waals surface area contributed by atoms with E-state index >= 15 is 0 Å². The van der Waals surface area contributed by atoms with E-state index in [4.69, 9.17) is 16.7 Å². The summed E-state index contributed by atoms with van der Waals surface area (Å²) in [5.74, 6) is -0.724. The molecule has 82 valence electrons. The van der Waals surface area contributed by atoms with Gasteiger partial charge in [-0.1, -0.05) is 11.6 Å². The minimum absolute atomic E-state index is 0.180. The van der Waals surface area contributed by atoms with Gasteiger partial charge in [0.1, 0.15) is 0 Å². The van der Waals surface area contributed by atoms with Crippen molar-refractivity contribution in [3.8, 4) is 0 Å². The second kappa shape index (κ2) is 3.82. The molecule has 3 N–H and O–H groups in total. The van der Waals surface area contributed by atoms with Crippen LogP contribution in [0.3, 0.4) is 0 Å². The van der Waals surface area contributed by atoms with Crippen LogP contribution in [0.25, 0.3) is 10.9 Å². The number of carboxylic acid groups (broad SMARTS) is 1. The fourth-order valence-electron chi connectivity index (χ4n) is 1.36. The summed E-state index contributed by atoms with van der Waals surface area (Å²) in [5.41, 5.74) is 0.588. The predicted molar refractivity (Wildman–Crippen MR) is 56.6 cm³/mol. The number of amides is 2. The minimum atomic E-state index is -1.41. The van der Waals surface area contributed by atoms with Crippen LogP contribution in [0, 0.1) is 0 Å². The van der Waals surface area contributed by atoms with Gasteiger partial charge in [0.15, 0.2) is 0 Å². The quantitative estimate of drug-likeness (QED) is 0.705. The van der Waals surface area contributed by atoms with Crippen LogP contribution in [0.4, 0.5) is 4.79 Å². The molecular formula is C9H6ClN3O3. The van der Waals surface area contributed by atoms with Crippen molar-refractivity contribution in [3.63, 3.8) is 0 Å². The van der Waals surface area contributed by atoms with Crippen LogP contribution in [0.5, 0.6) is 0 Å². The first-order chi connectivity index (χ1) is 7.59. The monoisotopic (exact) mass is 239 g/mol. The largest absolute Gasteiger partial charge is 0.465 e. The highest BCUT2D eigenvalue weighted by atomic mass is 35.5. The van der Waals surface area contributed by atoms with Crippen molar-refractivity contribution in [2.24, 2.45) is 0 Å². The summed E-state index contributed by atoms with van der Waals surface area (Å²) in [6.07, 6.45) is 0.0579. The number of carbonyl (C=O) groups excluding carboxylic acids is 1. The summed E-state index contributed by atoms with van der Waals surface area (Å²) in [6.45, 7) is 0. The van der Waals surface area contributed by atoms with Gasteiger partial charge in [0.2, 0.25) is 0 Å². The van der Waals surface area contributed by atoms with E-state index in [1.54, 1.807) is 5.32 Å². The molecule has 0 radical (unpaired) electrons. The van der Waals surface area contributed by atoms with E-state index in [1.165, 1.54) is 18.3 Å². The number of halogens is 1. The predicted octanol–water partition coefficient (Wildman–Crippen LogP) is 1.62. The Morgan fingerprint density at radius 1 is 1.44 bits per heavy atom. The lowest BCUT2D eigenvalue weighted by molar-refractivity contribution is 0.0949. The summed E-state index contributed by atoms with van der Waals surface area (Å²) < 4.78 is 0. The number of hydrogen-bond donors (Lipinski definition) is 3. The number of aromatic nitrogens is 2. The summed E-state index contributed by atoms with van der Waals surface area (Å²) in [4.78, 5) is 21.8. The van der Waals surface area contributed by atoms with Crippen LogP contribution in [0.2, 0.25) is 5.02 Å². The number of fused-ring (bicyclic) bond motifs is 1. The first-order valence-corrected chi connectivity index (χ1v) is 4.63. The topological polar surface area (TPSA) is 95.1 Å². The lowest BCUT2D eigenvalue weighted by Gasteiger charge is -2.02. The fraction of sp³-hybridized carbons (Fsp3) is 0. The number of H-pyrrole nitrogens is 1. The normalized spacial score (nSPS) is 10.3. The molecule has 6 nitrogen and oxygen atoms in total. The maximum Gasteiger partial charge on any atom is 0.411 e. The number of imide groups is 1. The zero-order valence-corrected chi connectivity index (χ0v) is 8.58. The van der Waals surface area contributed by atoms with E-state index < -0.39 is 12.0 Å². The van der Waals surface area contributed by atoms with Gasteiger partial charge in [-0.15, -0.1) is 0 Å². The van der Waals surface area contributed by atoms with Gasteiger partial charge in [-0.25, -0.2) is 4.79 Å². The van der Waals surface area contributed by atoms with Crippen molar-refractivity contribution in [2.75, 3.05) is 0 Å². The van der Waals surface area contributed by atoms with Gasteiger partial charge in [-0.3, -0.25) is 15.2 Å². The number of rotatable bonds is 1. The summed E-state index contributed by atoms with van der Waals surface area (Å²) >= 11 is 5.87. The maximum atomic E-state index is 11.5. The average Bonchev–Trinajstić information content (AvgIpc) is 2.66. The van der Waals surface area contributed by atoms with Crippen LogP contribution in [0.1, 0.15) is 10.4 Å². The number of benzene rings is 1. The van der Waals surface area contributed by atoms with Gasteiger partial charge >= 0.3 is 6.09 Å². The zero-order chi connectivity index (χ0) is 11.7. The van der Waals surface area contributed by atoms with Gasteiger partial charge in [-0.05, 0) is 12.1 Å². The third-order valence-corrected chi connectivity index (χ3v) is 2.36. The highest BCUT2D eigenvalue weighted by Gasteiger charge is 2.15. The fourth-order valence-corrected chi connectivity index (χ4v) is 1.56. The number of nitrogens with zero attached hydrogens (tertiary/aromatic N) is 1. The van der Waals surface area contributed by atoms with Crippen molar-refractivity contribution < 1.29 is 14.7 Å². The molecular weight excluding hydrogens is 234 g/mol. The molecule has 0 saturated heterocycles. The van der Waals surface area contributed by atoms with Gasteiger partial charge in [0.05, 0.1) is 22.3 Å². The molecule has 0 saturated carbocycles. The summed E-state index contributed by atoms with van der Waals surface area (Å²) in [5, 5.41) is 17.5. The van der Waals surface area contributed by atoms with Crippen LogP contribution in [-0.4, -0.2) is 27.3 Å². The molecule has 7 heteroatoms. The molecule has 16 heavy (non-hydrogen) atoms. The van der Waals surface area contributed by atoms with E-state index in [-0.39, 0.29) is 5.56 Å². The molecule has 0 aliphatic carbocycles. The van der Waals surface area contributed by atoms with E-state index in [2.05, 4.69) is 10.2 Å². The number of aromatic amines is 1. The highest BCUT2D eigenvalue weighted by molar-refractivity contribution is 6.36. The second-order valence-electron chi connectivity index (χ2n) is 3.01. The van der Waals surface area contributed by atoms with Crippen molar-refractivity contribution in [1.29, 1.82) is 0 Å². The van der Waals surface area contributed by atoms with Crippen molar-refractivity contribution in [3.05, 3.63) is 28.9 Å². The van der Waals surface area contributed by atoms with E-state index in [0.717, 1.165) is 0 Å². The lowest BCUT2D eigenvalue weighted by Crippen LogP contribution is -2.28. The Morgan fingerprint density at radius 2 is 2.19 bits per heavy atom. The molecule has 2 rings (SSSR count). The van der Waals surface area contributed by atoms with Crippen molar-refractivity contribution in [2.45, 2.75) is 0 Å². The first-order valence-electron chi connectivity index (χ1n) is 4.25. The Hall–Kier alpha value is -2.08. The Bertz CT molecular complexity index is 578. The Labute approximate surface area is 94.2 Å². The van der Waals surface area contributed by atoms with Crippen LogP contribution in [-0.2, 0) is 0 Å². The SMILES string of the molecule is O=C(O)NC(=O)c1ccc(Cl)c2cn[nH]c12. The number of hydrogen-bond acceptors (Lipinski definition) is 3. The molecule has 2 amide bonds. The molecule has 0 fully saturated rings. The van der Waals surface area contributed by atoms with E-state index in [1.807, 2.05) is 0 Å². The molecule has 0 bridgehead atoms. The molecule has 0 atom stereocenters. The van der Waals surface area contributed by atoms with Gasteiger partial charge < -0.3 is 5.11 Å². The summed E-state index contributed by atoms with van der Waals surface area (Å²) in [6, 6.07) is 2.94. The third-order valence-electron chi connectivity index (χ3n) is 2.03. The molecule has 0 aliphatic heterocycles. The third kappa shape index (κ3) is 1.70. The number of nitrogens with one attached hydrogen (secondary N) is 2. The Balaban J connectivity index is 2.53.